The Hall–Kier alpha value is -2.18. The first kappa shape index (κ1) is 19.1. The van der Waals surface area contributed by atoms with Crippen LogP contribution in [0.3, 0.4) is 0 Å². The number of amides is 1. The zero-order valence-corrected chi connectivity index (χ0v) is 15.8. The summed E-state index contributed by atoms with van der Waals surface area (Å²) in [5, 5.41) is 10.5. The summed E-state index contributed by atoms with van der Waals surface area (Å²) in [6.45, 7) is 6.58. The van der Waals surface area contributed by atoms with Crippen molar-refractivity contribution >= 4 is 11.6 Å². The van der Waals surface area contributed by atoms with Crippen LogP contribution in [0.4, 0.5) is 5.69 Å². The van der Waals surface area contributed by atoms with Crippen molar-refractivity contribution in [3.63, 3.8) is 0 Å². The van der Waals surface area contributed by atoms with Crippen LogP contribution < -0.4 is 10.2 Å². The molecule has 0 saturated carbocycles. The fraction of sp³-hybridized carbons (Fsp3) is 0.474. The van der Waals surface area contributed by atoms with Gasteiger partial charge in [0.25, 0.3) is 0 Å². The van der Waals surface area contributed by atoms with Crippen LogP contribution in [-0.4, -0.2) is 55.2 Å². The number of nitrogens with one attached hydrogen (secondary N) is 2. The molecule has 1 aromatic heterocycles. The molecule has 1 heterocycles. The van der Waals surface area contributed by atoms with Gasteiger partial charge in [0, 0.05) is 55.6 Å². The van der Waals surface area contributed by atoms with Gasteiger partial charge in [-0.1, -0.05) is 26.0 Å². The number of hydrogen-bond acceptors (Lipinski definition) is 4. The summed E-state index contributed by atoms with van der Waals surface area (Å²) in [5.41, 5.74) is 4.07. The maximum Gasteiger partial charge on any atom is 0.229 e. The van der Waals surface area contributed by atoms with E-state index in [1.165, 1.54) is 0 Å². The maximum absolute atomic E-state index is 12.1. The van der Waals surface area contributed by atoms with Gasteiger partial charge in [-0.2, -0.15) is 5.10 Å². The summed E-state index contributed by atoms with van der Waals surface area (Å²) in [6.07, 6.45) is 1.95. The highest BCUT2D eigenvalue weighted by Gasteiger charge is 2.15. The molecule has 6 heteroatoms. The molecule has 0 bridgehead atoms. The van der Waals surface area contributed by atoms with Crippen LogP contribution in [0.15, 0.2) is 30.5 Å². The number of H-pyrrole nitrogens is 1. The lowest BCUT2D eigenvalue weighted by molar-refractivity contribution is -0.121. The molecule has 136 valence electrons. The van der Waals surface area contributed by atoms with Crippen molar-refractivity contribution in [3.05, 3.63) is 36.0 Å². The molecule has 0 aliphatic rings. The molecule has 0 aliphatic carbocycles. The molecule has 0 atom stereocenters. The van der Waals surface area contributed by atoms with Crippen molar-refractivity contribution in [3.8, 4) is 11.3 Å². The molecule has 25 heavy (non-hydrogen) atoms. The number of hydrogen-bond donors (Lipinski definition) is 2. The van der Waals surface area contributed by atoms with Crippen molar-refractivity contribution in [2.24, 2.45) is 5.92 Å². The SMILES string of the molecule is CNCCN(C)Cc1c[nH]nc1-c1ccc(N(C)C(=O)C(C)C)cc1. The topological polar surface area (TPSA) is 64.3 Å². The Balaban J connectivity index is 2.13. The Morgan fingerprint density at radius 2 is 1.92 bits per heavy atom. The van der Waals surface area contributed by atoms with Crippen LogP contribution >= 0.6 is 0 Å². The van der Waals surface area contributed by atoms with E-state index in [1.807, 2.05) is 58.4 Å². The van der Waals surface area contributed by atoms with Crippen molar-refractivity contribution in [1.82, 2.24) is 20.4 Å². The Kier molecular flexibility index (Phi) is 6.73. The predicted octanol–water partition coefficient (Wildman–Crippen LogP) is 2.35. The monoisotopic (exact) mass is 343 g/mol. The van der Waals surface area contributed by atoms with E-state index in [1.54, 1.807) is 4.90 Å². The first-order chi connectivity index (χ1) is 11.9. The van der Waals surface area contributed by atoms with E-state index in [2.05, 4.69) is 27.5 Å². The molecule has 0 spiro atoms. The summed E-state index contributed by atoms with van der Waals surface area (Å²) in [5.74, 6) is 0.0927. The Morgan fingerprint density at radius 3 is 2.52 bits per heavy atom. The molecule has 1 aromatic carbocycles. The summed E-state index contributed by atoms with van der Waals surface area (Å²) in [6, 6.07) is 7.98. The standard InChI is InChI=1S/C19H29N5O/c1-14(2)19(25)24(5)17-8-6-15(7-9-17)18-16(12-21-22-18)13-23(4)11-10-20-3/h6-9,12,14,20H,10-11,13H2,1-5H3,(H,21,22). The van der Waals surface area contributed by atoms with Gasteiger partial charge in [0.05, 0.1) is 5.69 Å². The van der Waals surface area contributed by atoms with E-state index in [4.69, 9.17) is 0 Å². The quantitative estimate of drug-likeness (QED) is 0.772. The van der Waals surface area contributed by atoms with E-state index >= 15 is 0 Å². The maximum atomic E-state index is 12.1. The van der Waals surface area contributed by atoms with Gasteiger partial charge in [0.2, 0.25) is 5.91 Å². The number of carbonyl (C=O) groups is 1. The average Bonchev–Trinajstić information content (AvgIpc) is 3.06. The zero-order valence-electron chi connectivity index (χ0n) is 15.8. The molecule has 2 N–H and O–H groups in total. The molecule has 2 rings (SSSR count). The third kappa shape index (κ3) is 4.90. The van der Waals surface area contributed by atoms with Gasteiger partial charge < -0.3 is 15.1 Å². The molecule has 0 saturated heterocycles. The van der Waals surface area contributed by atoms with Gasteiger partial charge in [-0.05, 0) is 26.2 Å². The van der Waals surface area contributed by atoms with Crippen LogP contribution in [0.5, 0.6) is 0 Å². The van der Waals surface area contributed by atoms with Crippen LogP contribution in [0.2, 0.25) is 0 Å². The first-order valence-corrected chi connectivity index (χ1v) is 8.67. The highest BCUT2D eigenvalue weighted by Crippen LogP contribution is 2.25. The van der Waals surface area contributed by atoms with E-state index in [-0.39, 0.29) is 11.8 Å². The number of aromatic amines is 1. The van der Waals surface area contributed by atoms with E-state index in [0.717, 1.165) is 42.1 Å². The summed E-state index contributed by atoms with van der Waals surface area (Å²) in [4.78, 5) is 16.1. The number of nitrogens with zero attached hydrogens (tertiary/aromatic N) is 3. The van der Waals surface area contributed by atoms with Crippen molar-refractivity contribution in [2.75, 3.05) is 39.1 Å². The number of likely N-dealkylation sites (N-methyl/N-ethyl adjacent to an activating group) is 2. The second-order valence-electron chi connectivity index (χ2n) is 6.70. The third-order valence-electron chi connectivity index (χ3n) is 4.26. The van der Waals surface area contributed by atoms with Gasteiger partial charge >= 0.3 is 0 Å². The highest BCUT2D eigenvalue weighted by molar-refractivity contribution is 5.94. The predicted molar refractivity (Wildman–Crippen MR) is 103 cm³/mol. The molecule has 2 aromatic rings. The minimum atomic E-state index is -0.0178. The minimum Gasteiger partial charge on any atom is -0.318 e. The normalized spacial score (nSPS) is 11.3. The summed E-state index contributed by atoms with van der Waals surface area (Å²) < 4.78 is 0. The third-order valence-corrected chi connectivity index (χ3v) is 4.26. The Bertz CT molecular complexity index is 677. The Morgan fingerprint density at radius 1 is 1.24 bits per heavy atom. The van der Waals surface area contributed by atoms with E-state index in [9.17, 15) is 4.79 Å². The number of benzene rings is 1. The second kappa shape index (κ2) is 8.78. The molecule has 0 radical (unpaired) electrons. The zero-order chi connectivity index (χ0) is 18.4. The average molecular weight is 343 g/mol. The number of anilines is 1. The number of aromatic nitrogens is 2. The van der Waals surface area contributed by atoms with Crippen LogP contribution in [0.1, 0.15) is 19.4 Å². The number of rotatable bonds is 8. The molecular weight excluding hydrogens is 314 g/mol. The molecule has 0 aliphatic heterocycles. The van der Waals surface area contributed by atoms with Gasteiger partial charge in [0.15, 0.2) is 0 Å². The molecule has 0 unspecified atom stereocenters. The molecule has 0 fully saturated rings. The van der Waals surface area contributed by atoms with E-state index in [0.29, 0.717) is 0 Å². The fourth-order valence-electron chi connectivity index (χ4n) is 2.72. The number of carbonyl (C=O) groups excluding carboxylic acids is 1. The van der Waals surface area contributed by atoms with Gasteiger partial charge in [-0.15, -0.1) is 0 Å². The van der Waals surface area contributed by atoms with Crippen LogP contribution in [0, 0.1) is 5.92 Å². The van der Waals surface area contributed by atoms with Crippen LogP contribution in [0.25, 0.3) is 11.3 Å². The fourth-order valence-corrected chi connectivity index (χ4v) is 2.72. The lowest BCUT2D eigenvalue weighted by Crippen LogP contribution is -2.30. The lowest BCUT2D eigenvalue weighted by atomic mass is 10.1. The van der Waals surface area contributed by atoms with Gasteiger partial charge in [-0.3, -0.25) is 9.89 Å². The Labute approximate surface area is 150 Å². The lowest BCUT2D eigenvalue weighted by Gasteiger charge is -2.20. The smallest absolute Gasteiger partial charge is 0.229 e. The van der Waals surface area contributed by atoms with E-state index < -0.39 is 0 Å². The first-order valence-electron chi connectivity index (χ1n) is 8.67. The molecule has 1 amide bonds. The molecule has 6 nitrogen and oxygen atoms in total. The van der Waals surface area contributed by atoms with Crippen molar-refractivity contribution in [2.45, 2.75) is 20.4 Å². The summed E-state index contributed by atoms with van der Waals surface area (Å²) in [7, 11) is 5.87. The van der Waals surface area contributed by atoms with Gasteiger partial charge in [0.1, 0.15) is 0 Å². The van der Waals surface area contributed by atoms with Crippen molar-refractivity contribution < 1.29 is 4.79 Å². The summed E-state index contributed by atoms with van der Waals surface area (Å²) >= 11 is 0. The highest BCUT2D eigenvalue weighted by atomic mass is 16.2. The largest absolute Gasteiger partial charge is 0.318 e. The second-order valence-corrected chi connectivity index (χ2v) is 6.70. The minimum absolute atomic E-state index is 0.0178. The molecular formula is C19H29N5O. The van der Waals surface area contributed by atoms with Crippen molar-refractivity contribution in [1.29, 1.82) is 0 Å². The van der Waals surface area contributed by atoms with Crippen LogP contribution in [-0.2, 0) is 11.3 Å². The van der Waals surface area contributed by atoms with Gasteiger partial charge in [-0.25, -0.2) is 0 Å².